The first-order valence-electron chi connectivity index (χ1n) is 18.6. The molecule has 1 fully saturated rings. The molecule has 1 aliphatic rings. The van der Waals surface area contributed by atoms with Gasteiger partial charge in [-0.1, -0.05) is 128 Å². The van der Waals surface area contributed by atoms with Gasteiger partial charge in [0.2, 0.25) is 0 Å². The lowest BCUT2D eigenvalue weighted by molar-refractivity contribution is -0.276. The average Bonchev–Trinajstić information content (AvgIpc) is 3.21. The highest BCUT2D eigenvalue weighted by atomic mass is 16.7. The Morgan fingerprint density at radius 1 is 0.704 bits per heavy atom. The van der Waals surface area contributed by atoms with Gasteiger partial charge < -0.3 is 30.0 Å². The average molecular weight is 728 g/mol. The highest BCUT2D eigenvalue weighted by molar-refractivity contribution is 5.80. The Morgan fingerprint density at radius 2 is 1.33 bits per heavy atom. The monoisotopic (exact) mass is 727 g/mol. The van der Waals surface area contributed by atoms with Crippen LogP contribution in [-0.4, -0.2) is 47.8 Å². The third-order valence-corrected chi connectivity index (χ3v) is 9.63. The molecule has 5 aromatic rings. The summed E-state index contributed by atoms with van der Waals surface area (Å²) in [4.78, 5) is 26.3. The zero-order valence-corrected chi connectivity index (χ0v) is 30.9. The first-order chi connectivity index (χ1) is 26.4. The number of carbonyl (C=O) groups excluding carboxylic acids is 2. The lowest BCUT2D eigenvalue weighted by atomic mass is 9.89. The topological polar surface area (TPSA) is 109 Å². The molecule has 3 N–H and O–H groups in total. The standard InChI is InChI=1S/C45H49N3O6/c1-3-52-42(50)27-47-45(51)46-26-36-16-10-17-38(24-36)39-18-11-19-40(25-39)44-53-41(32(2)43(54-44)37-22-20-35(31-49)21-23-37)30-48(28-33-12-6-4-7-13-33)29-34-14-8-5-9-15-34/h4-25,32,41,43-44,49H,3,26-31H2,1-2H3,(H2,46,47,51)/t32-,41+,43+,44+/m0/s1. The second-order valence-corrected chi connectivity index (χ2v) is 13.6. The SMILES string of the molecule is CCOC(=O)CNC(=O)NCc1cccc(-c2cccc([C@@H]3O[C@H](CN(Cc4ccccc4)Cc4ccccc4)[C@H](C)[C@H](c4ccc(CO)cc4)O3)c2)c1. The van der Waals surface area contributed by atoms with Crippen LogP contribution in [0.15, 0.2) is 133 Å². The third-order valence-electron chi connectivity index (χ3n) is 9.63. The second-order valence-electron chi connectivity index (χ2n) is 13.6. The number of amides is 2. The molecule has 1 aliphatic heterocycles. The fraction of sp³-hybridized carbons (Fsp3) is 0.289. The van der Waals surface area contributed by atoms with E-state index >= 15 is 0 Å². The number of carbonyl (C=O) groups is 2. The van der Waals surface area contributed by atoms with Gasteiger partial charge in [0.05, 0.1) is 25.4 Å². The summed E-state index contributed by atoms with van der Waals surface area (Å²) in [6.07, 6.45) is -1.03. The molecular weight excluding hydrogens is 679 g/mol. The number of esters is 1. The van der Waals surface area contributed by atoms with E-state index in [-0.39, 0.29) is 44.4 Å². The molecule has 2 amide bonds. The van der Waals surface area contributed by atoms with Gasteiger partial charge in [-0.15, -0.1) is 0 Å². The maximum absolute atomic E-state index is 12.3. The van der Waals surface area contributed by atoms with Crippen molar-refractivity contribution in [1.82, 2.24) is 15.5 Å². The van der Waals surface area contributed by atoms with Crippen LogP contribution < -0.4 is 10.6 Å². The zero-order chi connectivity index (χ0) is 37.7. The highest BCUT2D eigenvalue weighted by Gasteiger charge is 2.39. The van der Waals surface area contributed by atoms with Gasteiger partial charge in [0.25, 0.3) is 0 Å². The van der Waals surface area contributed by atoms with Crippen molar-refractivity contribution in [2.75, 3.05) is 19.7 Å². The molecule has 280 valence electrons. The normalized spacial score (nSPS) is 18.2. The molecule has 0 aromatic heterocycles. The van der Waals surface area contributed by atoms with Crippen LogP contribution in [0.1, 0.15) is 59.6 Å². The minimum atomic E-state index is -0.628. The number of benzene rings is 5. The van der Waals surface area contributed by atoms with Gasteiger partial charge in [-0.3, -0.25) is 9.69 Å². The fourth-order valence-electron chi connectivity index (χ4n) is 6.79. The first kappa shape index (κ1) is 38.4. The predicted octanol–water partition coefficient (Wildman–Crippen LogP) is 7.70. The van der Waals surface area contributed by atoms with E-state index in [1.807, 2.05) is 72.8 Å². The molecule has 0 spiro atoms. The van der Waals surface area contributed by atoms with E-state index in [9.17, 15) is 14.7 Å². The summed E-state index contributed by atoms with van der Waals surface area (Å²) in [6.45, 7) is 6.50. The van der Waals surface area contributed by atoms with Crippen LogP contribution >= 0.6 is 0 Å². The molecule has 0 aliphatic carbocycles. The summed E-state index contributed by atoms with van der Waals surface area (Å²) in [5.41, 5.74) is 8.15. The van der Waals surface area contributed by atoms with Crippen molar-refractivity contribution in [2.24, 2.45) is 5.92 Å². The van der Waals surface area contributed by atoms with Gasteiger partial charge >= 0.3 is 12.0 Å². The van der Waals surface area contributed by atoms with E-state index in [4.69, 9.17) is 14.2 Å². The Kier molecular flexibility index (Phi) is 13.6. The van der Waals surface area contributed by atoms with E-state index < -0.39 is 18.3 Å². The Bertz CT molecular complexity index is 1900. The molecule has 0 saturated carbocycles. The van der Waals surface area contributed by atoms with Crippen LogP contribution in [0.3, 0.4) is 0 Å². The van der Waals surface area contributed by atoms with Gasteiger partial charge in [-0.2, -0.15) is 0 Å². The number of nitrogens with one attached hydrogen (secondary N) is 2. The molecule has 1 heterocycles. The summed E-state index contributed by atoms with van der Waals surface area (Å²) >= 11 is 0. The number of hydrogen-bond donors (Lipinski definition) is 3. The van der Waals surface area contributed by atoms with E-state index in [1.165, 1.54) is 11.1 Å². The fourth-order valence-corrected chi connectivity index (χ4v) is 6.79. The molecule has 5 aromatic carbocycles. The molecule has 4 atom stereocenters. The lowest BCUT2D eigenvalue weighted by Crippen LogP contribution is -2.44. The summed E-state index contributed by atoms with van der Waals surface area (Å²) in [6, 6.07) is 44.8. The van der Waals surface area contributed by atoms with Crippen molar-refractivity contribution in [3.63, 3.8) is 0 Å². The third kappa shape index (κ3) is 10.6. The number of aliphatic hydroxyl groups excluding tert-OH is 1. The Balaban J connectivity index is 1.23. The molecular formula is C45H49N3O6. The molecule has 6 rings (SSSR count). The quantitative estimate of drug-likeness (QED) is 0.0949. The molecule has 0 unspecified atom stereocenters. The van der Waals surface area contributed by atoms with E-state index in [0.717, 1.165) is 46.5 Å². The number of rotatable bonds is 15. The van der Waals surface area contributed by atoms with Crippen LogP contribution in [0.25, 0.3) is 11.1 Å². The number of nitrogens with zero attached hydrogens (tertiary/aromatic N) is 1. The van der Waals surface area contributed by atoms with Crippen molar-refractivity contribution < 1.29 is 28.9 Å². The predicted molar refractivity (Wildman–Crippen MR) is 209 cm³/mol. The van der Waals surface area contributed by atoms with Crippen molar-refractivity contribution in [3.8, 4) is 11.1 Å². The molecule has 54 heavy (non-hydrogen) atoms. The summed E-state index contributed by atoms with van der Waals surface area (Å²) in [7, 11) is 0. The Morgan fingerprint density at radius 3 is 1.98 bits per heavy atom. The number of aliphatic hydroxyl groups is 1. The first-order valence-corrected chi connectivity index (χ1v) is 18.6. The van der Waals surface area contributed by atoms with Crippen molar-refractivity contribution in [2.45, 2.75) is 58.6 Å². The van der Waals surface area contributed by atoms with Crippen molar-refractivity contribution >= 4 is 12.0 Å². The Labute approximate surface area is 317 Å². The van der Waals surface area contributed by atoms with Crippen LogP contribution in [0.2, 0.25) is 0 Å². The van der Waals surface area contributed by atoms with Crippen molar-refractivity contribution in [3.05, 3.63) is 167 Å². The molecule has 9 nitrogen and oxygen atoms in total. The number of urea groups is 1. The Hall–Kier alpha value is -5.32. The second kappa shape index (κ2) is 19.1. The zero-order valence-electron chi connectivity index (χ0n) is 30.9. The van der Waals surface area contributed by atoms with E-state index in [1.54, 1.807) is 6.92 Å². The van der Waals surface area contributed by atoms with E-state index in [2.05, 4.69) is 83.1 Å². The lowest BCUT2D eigenvalue weighted by Gasteiger charge is -2.43. The van der Waals surface area contributed by atoms with Gasteiger partial charge in [0.15, 0.2) is 6.29 Å². The maximum Gasteiger partial charge on any atom is 0.325 e. The molecule has 0 bridgehead atoms. The van der Waals surface area contributed by atoms with Crippen molar-refractivity contribution in [1.29, 1.82) is 0 Å². The van der Waals surface area contributed by atoms with Gasteiger partial charge in [-0.25, -0.2) is 4.79 Å². The van der Waals surface area contributed by atoms with Gasteiger partial charge in [0, 0.05) is 37.7 Å². The molecule has 9 heteroatoms. The van der Waals surface area contributed by atoms with Gasteiger partial charge in [0.1, 0.15) is 6.54 Å². The van der Waals surface area contributed by atoms with Crippen LogP contribution in [0.5, 0.6) is 0 Å². The minimum absolute atomic E-state index is 0.0175. The molecule has 1 saturated heterocycles. The minimum Gasteiger partial charge on any atom is -0.465 e. The van der Waals surface area contributed by atoms with Crippen LogP contribution in [0, 0.1) is 5.92 Å². The van der Waals surface area contributed by atoms with Crippen LogP contribution in [0.4, 0.5) is 4.79 Å². The summed E-state index contributed by atoms with van der Waals surface area (Å²) < 4.78 is 18.6. The van der Waals surface area contributed by atoms with Gasteiger partial charge in [-0.05, 0) is 58.0 Å². The largest absolute Gasteiger partial charge is 0.465 e. The van der Waals surface area contributed by atoms with E-state index in [0.29, 0.717) is 6.54 Å². The summed E-state index contributed by atoms with van der Waals surface area (Å²) in [5, 5.41) is 15.0. The number of ether oxygens (including phenoxy) is 3. The smallest absolute Gasteiger partial charge is 0.325 e. The molecule has 0 radical (unpaired) electrons. The van der Waals surface area contributed by atoms with Crippen LogP contribution in [-0.2, 0) is 45.2 Å². The highest BCUT2D eigenvalue weighted by Crippen LogP contribution is 2.42. The summed E-state index contributed by atoms with van der Waals surface area (Å²) in [5.74, 6) is -0.457. The maximum atomic E-state index is 12.3. The number of hydrogen-bond acceptors (Lipinski definition) is 7.